The number of aromatic nitrogens is 2. The summed E-state index contributed by atoms with van der Waals surface area (Å²) in [7, 11) is 1.59. The lowest BCUT2D eigenvalue weighted by Crippen LogP contribution is -2.34. The van der Waals surface area contributed by atoms with Crippen molar-refractivity contribution in [3.8, 4) is 17.1 Å². The molecule has 0 fully saturated rings. The van der Waals surface area contributed by atoms with Crippen LogP contribution in [0.5, 0.6) is 5.75 Å². The van der Waals surface area contributed by atoms with E-state index >= 15 is 0 Å². The molecule has 190 valence electrons. The van der Waals surface area contributed by atoms with Gasteiger partial charge in [-0.1, -0.05) is 32.4 Å². The normalized spacial score (nSPS) is 13.1. The van der Waals surface area contributed by atoms with E-state index in [1.807, 2.05) is 36.4 Å². The van der Waals surface area contributed by atoms with Crippen LogP contribution in [-0.2, 0) is 11.2 Å². The van der Waals surface area contributed by atoms with E-state index in [1.54, 1.807) is 32.2 Å². The topological polar surface area (TPSA) is 110 Å². The van der Waals surface area contributed by atoms with E-state index in [2.05, 4.69) is 24.1 Å². The average Bonchev–Trinajstić information content (AvgIpc) is 3.48. The molecule has 5 aromatic rings. The highest BCUT2D eigenvalue weighted by Gasteiger charge is 2.27. The van der Waals surface area contributed by atoms with Gasteiger partial charge in [-0.05, 0) is 49.2 Å². The van der Waals surface area contributed by atoms with Crippen LogP contribution in [0.1, 0.15) is 43.5 Å². The lowest BCUT2D eigenvalue weighted by molar-refractivity contribution is -0.121. The lowest BCUT2D eigenvalue weighted by atomic mass is 9.97. The summed E-state index contributed by atoms with van der Waals surface area (Å²) in [5.41, 5.74) is 2.83. The maximum Gasteiger partial charge on any atom is 0.347 e. The molecule has 3 heterocycles. The first-order valence-corrected chi connectivity index (χ1v) is 12.3. The standard InChI is InChI=1S/C29H29N3O5/c1-5-16(2)26(28-30-21-8-6-7-9-22(21)31-28)32-24(33)15-20-25-23(14-17(3)36-29(25)34)37-27(20)18-10-12-19(35-4)13-11-18/h6-14,16,26H,5,15H2,1-4H3,(H,30,31)(H,32,33)/t16-,26-/m0/s1. The number of amides is 1. The Hall–Kier alpha value is -4.33. The highest BCUT2D eigenvalue weighted by Crippen LogP contribution is 2.34. The van der Waals surface area contributed by atoms with Crippen molar-refractivity contribution in [2.75, 3.05) is 7.11 Å². The van der Waals surface area contributed by atoms with Gasteiger partial charge in [-0.15, -0.1) is 0 Å². The van der Waals surface area contributed by atoms with Gasteiger partial charge in [0.15, 0.2) is 0 Å². The molecular formula is C29H29N3O5. The van der Waals surface area contributed by atoms with Crippen molar-refractivity contribution >= 4 is 27.9 Å². The molecule has 2 N–H and O–H groups in total. The Bertz CT molecular complexity index is 1590. The van der Waals surface area contributed by atoms with Gasteiger partial charge >= 0.3 is 5.63 Å². The molecular weight excluding hydrogens is 470 g/mol. The molecule has 37 heavy (non-hydrogen) atoms. The fourth-order valence-corrected chi connectivity index (χ4v) is 4.59. The molecule has 0 aliphatic carbocycles. The Balaban J connectivity index is 1.52. The van der Waals surface area contributed by atoms with Gasteiger partial charge in [0.05, 0.1) is 30.6 Å². The first-order valence-electron chi connectivity index (χ1n) is 12.3. The maximum absolute atomic E-state index is 13.5. The van der Waals surface area contributed by atoms with E-state index in [0.29, 0.717) is 34.2 Å². The second kappa shape index (κ2) is 9.97. The molecule has 0 saturated carbocycles. The van der Waals surface area contributed by atoms with Crippen LogP contribution < -0.4 is 15.7 Å². The quantitative estimate of drug-likeness (QED) is 0.284. The van der Waals surface area contributed by atoms with Gasteiger partial charge in [0, 0.05) is 17.2 Å². The van der Waals surface area contributed by atoms with Crippen molar-refractivity contribution in [2.45, 2.75) is 39.7 Å². The Morgan fingerprint density at radius 1 is 1.14 bits per heavy atom. The molecule has 8 nitrogen and oxygen atoms in total. The second-order valence-corrected chi connectivity index (χ2v) is 9.27. The van der Waals surface area contributed by atoms with E-state index < -0.39 is 5.63 Å². The van der Waals surface area contributed by atoms with Gasteiger partial charge in [0.1, 0.15) is 34.1 Å². The zero-order valence-electron chi connectivity index (χ0n) is 21.3. The van der Waals surface area contributed by atoms with Crippen LogP contribution >= 0.6 is 0 Å². The van der Waals surface area contributed by atoms with Crippen molar-refractivity contribution in [1.82, 2.24) is 15.3 Å². The minimum absolute atomic E-state index is 0.0602. The molecule has 0 bridgehead atoms. The summed E-state index contributed by atoms with van der Waals surface area (Å²) in [5.74, 6) is 2.16. The number of benzene rings is 2. The van der Waals surface area contributed by atoms with Crippen molar-refractivity contribution in [2.24, 2.45) is 5.92 Å². The number of furan rings is 1. The van der Waals surface area contributed by atoms with Crippen molar-refractivity contribution in [3.05, 3.63) is 82.2 Å². The van der Waals surface area contributed by atoms with E-state index in [-0.39, 0.29) is 29.7 Å². The number of aromatic amines is 1. The van der Waals surface area contributed by atoms with Gasteiger partial charge in [0.25, 0.3) is 0 Å². The van der Waals surface area contributed by atoms with E-state index in [4.69, 9.17) is 18.6 Å². The number of ether oxygens (including phenoxy) is 1. The smallest absolute Gasteiger partial charge is 0.347 e. The molecule has 8 heteroatoms. The monoisotopic (exact) mass is 499 g/mol. The molecule has 0 aliphatic rings. The number of hydrogen-bond donors (Lipinski definition) is 2. The molecule has 3 aromatic heterocycles. The molecule has 0 unspecified atom stereocenters. The number of nitrogens with zero attached hydrogens (tertiary/aromatic N) is 1. The Labute approximate surface area is 213 Å². The molecule has 1 amide bonds. The number of carbonyl (C=O) groups is 1. The zero-order valence-corrected chi connectivity index (χ0v) is 21.3. The predicted molar refractivity (Wildman–Crippen MR) is 142 cm³/mol. The number of rotatable bonds is 8. The minimum Gasteiger partial charge on any atom is -0.497 e. The van der Waals surface area contributed by atoms with Crippen LogP contribution in [-0.4, -0.2) is 23.0 Å². The number of carbonyl (C=O) groups excluding carboxylic acids is 1. The molecule has 0 spiro atoms. The van der Waals surface area contributed by atoms with Crippen LogP contribution in [0, 0.1) is 12.8 Å². The number of nitrogens with one attached hydrogen (secondary N) is 2. The fourth-order valence-electron chi connectivity index (χ4n) is 4.59. The number of imidazole rings is 1. The van der Waals surface area contributed by atoms with Crippen molar-refractivity contribution in [3.63, 3.8) is 0 Å². The van der Waals surface area contributed by atoms with Gasteiger partial charge in [0.2, 0.25) is 5.91 Å². The molecule has 2 aromatic carbocycles. The number of H-pyrrole nitrogens is 1. The fraction of sp³-hybridized carbons (Fsp3) is 0.276. The molecule has 2 atom stereocenters. The van der Waals surface area contributed by atoms with E-state index in [0.717, 1.165) is 23.0 Å². The number of fused-ring (bicyclic) bond motifs is 2. The van der Waals surface area contributed by atoms with Crippen LogP contribution in [0.15, 0.2) is 68.2 Å². The van der Waals surface area contributed by atoms with Crippen LogP contribution in [0.2, 0.25) is 0 Å². The number of hydrogen-bond acceptors (Lipinski definition) is 6. The third-order valence-corrected chi connectivity index (χ3v) is 6.75. The summed E-state index contributed by atoms with van der Waals surface area (Å²) in [6.45, 7) is 5.84. The SMILES string of the molecule is CC[C@H](C)[C@H](NC(=O)Cc1c(-c2ccc(OC)cc2)oc2cc(C)oc(=O)c12)c1nc2ccccc2[nH]1. The van der Waals surface area contributed by atoms with E-state index in [9.17, 15) is 9.59 Å². The minimum atomic E-state index is -0.530. The summed E-state index contributed by atoms with van der Waals surface area (Å²) in [6, 6.07) is 16.4. The summed E-state index contributed by atoms with van der Waals surface area (Å²) < 4.78 is 16.7. The number of methoxy groups -OCH3 is 1. The third kappa shape index (κ3) is 4.74. The predicted octanol–water partition coefficient (Wildman–Crippen LogP) is 5.69. The van der Waals surface area contributed by atoms with Crippen LogP contribution in [0.25, 0.3) is 33.3 Å². The van der Waals surface area contributed by atoms with Crippen molar-refractivity contribution < 1.29 is 18.4 Å². The van der Waals surface area contributed by atoms with Gasteiger partial charge in [-0.2, -0.15) is 0 Å². The molecule has 5 rings (SSSR count). The first kappa shape index (κ1) is 24.4. The lowest BCUT2D eigenvalue weighted by Gasteiger charge is -2.22. The molecule has 0 saturated heterocycles. The van der Waals surface area contributed by atoms with Gasteiger partial charge < -0.3 is 23.9 Å². The third-order valence-electron chi connectivity index (χ3n) is 6.75. The van der Waals surface area contributed by atoms with Crippen molar-refractivity contribution in [1.29, 1.82) is 0 Å². The van der Waals surface area contributed by atoms with Crippen LogP contribution in [0.3, 0.4) is 0 Å². The maximum atomic E-state index is 13.5. The Morgan fingerprint density at radius 2 is 1.89 bits per heavy atom. The number of para-hydroxylation sites is 2. The highest BCUT2D eigenvalue weighted by atomic mass is 16.5. The number of aryl methyl sites for hydroxylation is 1. The highest BCUT2D eigenvalue weighted by molar-refractivity contribution is 5.92. The van der Waals surface area contributed by atoms with Crippen LogP contribution in [0.4, 0.5) is 0 Å². The largest absolute Gasteiger partial charge is 0.497 e. The average molecular weight is 500 g/mol. The Kier molecular flexibility index (Phi) is 6.56. The summed E-state index contributed by atoms with van der Waals surface area (Å²) in [6.07, 6.45) is 0.784. The van der Waals surface area contributed by atoms with Gasteiger partial charge in [-0.3, -0.25) is 4.79 Å². The molecule has 0 radical (unpaired) electrons. The Morgan fingerprint density at radius 3 is 2.59 bits per heavy atom. The van der Waals surface area contributed by atoms with Gasteiger partial charge in [-0.25, -0.2) is 9.78 Å². The molecule has 0 aliphatic heterocycles. The summed E-state index contributed by atoms with van der Waals surface area (Å²) >= 11 is 0. The summed E-state index contributed by atoms with van der Waals surface area (Å²) in [4.78, 5) is 34.4. The summed E-state index contributed by atoms with van der Waals surface area (Å²) in [5, 5.41) is 3.42. The zero-order chi connectivity index (χ0) is 26.1. The first-order chi connectivity index (χ1) is 17.9. The second-order valence-electron chi connectivity index (χ2n) is 9.27. The van der Waals surface area contributed by atoms with E-state index in [1.165, 1.54) is 0 Å².